The Hall–Kier alpha value is -3.12. The Morgan fingerprint density at radius 1 is 0.970 bits per heavy atom. The molecular formula is C27H26O5S. The molecule has 6 heteroatoms. The molecule has 1 fully saturated rings. The number of fused-ring (bicyclic) bond motifs is 1. The first-order chi connectivity index (χ1) is 16.0. The first-order valence-corrected chi connectivity index (χ1v) is 12.8. The molecule has 5 rings (SSSR count). The van der Waals surface area contributed by atoms with Crippen molar-refractivity contribution in [2.45, 2.75) is 48.0 Å². The van der Waals surface area contributed by atoms with E-state index in [-0.39, 0.29) is 23.9 Å². The zero-order valence-corrected chi connectivity index (χ0v) is 19.3. The second-order valence-corrected chi connectivity index (χ2v) is 10.5. The molecule has 1 saturated carbocycles. The monoisotopic (exact) mass is 462 g/mol. The Morgan fingerprint density at radius 2 is 1.73 bits per heavy atom. The van der Waals surface area contributed by atoms with Gasteiger partial charge in [-0.05, 0) is 79.1 Å². The number of carbonyl (C=O) groups excluding carboxylic acids is 1. The van der Waals surface area contributed by atoms with Crippen molar-refractivity contribution >= 4 is 15.8 Å². The van der Waals surface area contributed by atoms with Gasteiger partial charge in [-0.3, -0.25) is 4.79 Å². The molecule has 3 atom stereocenters. The maximum absolute atomic E-state index is 13.2. The van der Waals surface area contributed by atoms with Crippen molar-refractivity contribution in [3.05, 3.63) is 89.5 Å². The summed E-state index contributed by atoms with van der Waals surface area (Å²) >= 11 is 0. The van der Waals surface area contributed by atoms with E-state index in [1.54, 1.807) is 36.4 Å². The van der Waals surface area contributed by atoms with Crippen LogP contribution >= 0.6 is 0 Å². The first-order valence-electron chi connectivity index (χ1n) is 11.3. The van der Waals surface area contributed by atoms with Crippen LogP contribution in [0.1, 0.15) is 48.5 Å². The molecule has 5 nitrogen and oxygen atoms in total. The predicted molar refractivity (Wildman–Crippen MR) is 124 cm³/mol. The molecule has 0 N–H and O–H groups in total. The molecule has 2 aliphatic rings. The highest BCUT2D eigenvalue weighted by atomic mass is 32.2. The van der Waals surface area contributed by atoms with Crippen LogP contribution in [0.2, 0.25) is 0 Å². The molecule has 170 valence electrons. The lowest BCUT2D eigenvalue weighted by molar-refractivity contribution is -0.144. The van der Waals surface area contributed by atoms with Gasteiger partial charge in [0.25, 0.3) is 0 Å². The Morgan fingerprint density at radius 3 is 2.45 bits per heavy atom. The van der Waals surface area contributed by atoms with Crippen molar-refractivity contribution < 1.29 is 22.7 Å². The zero-order chi connectivity index (χ0) is 23.0. The summed E-state index contributed by atoms with van der Waals surface area (Å²) in [5, 5.41) is 0. The van der Waals surface area contributed by atoms with Crippen molar-refractivity contribution in [2.24, 2.45) is 5.92 Å². The van der Waals surface area contributed by atoms with Crippen LogP contribution in [0.25, 0.3) is 0 Å². The van der Waals surface area contributed by atoms with Gasteiger partial charge in [0, 0.05) is 0 Å². The van der Waals surface area contributed by atoms with Gasteiger partial charge >= 0.3 is 5.97 Å². The summed E-state index contributed by atoms with van der Waals surface area (Å²) in [7, 11) is -3.58. The average molecular weight is 463 g/mol. The second kappa shape index (κ2) is 8.67. The third-order valence-corrected chi connectivity index (χ3v) is 8.34. The van der Waals surface area contributed by atoms with Crippen molar-refractivity contribution in [1.82, 2.24) is 0 Å². The summed E-state index contributed by atoms with van der Waals surface area (Å²) in [6.07, 6.45) is 2.02. The highest BCUT2D eigenvalue weighted by Crippen LogP contribution is 2.48. The number of esters is 1. The van der Waals surface area contributed by atoms with Crippen LogP contribution < -0.4 is 4.74 Å². The lowest BCUT2D eigenvalue weighted by Crippen LogP contribution is -2.07. The third-order valence-electron chi connectivity index (χ3n) is 6.48. The van der Waals surface area contributed by atoms with Crippen molar-refractivity contribution in [3.63, 3.8) is 0 Å². The first kappa shape index (κ1) is 21.7. The van der Waals surface area contributed by atoms with Gasteiger partial charge in [0.2, 0.25) is 9.84 Å². The fraction of sp³-hybridized carbons (Fsp3) is 0.296. The van der Waals surface area contributed by atoms with E-state index in [1.165, 1.54) is 0 Å². The van der Waals surface area contributed by atoms with Crippen LogP contribution in [0.4, 0.5) is 0 Å². The molecule has 0 amide bonds. The Kier molecular flexibility index (Phi) is 5.71. The molecule has 3 aromatic carbocycles. The summed E-state index contributed by atoms with van der Waals surface area (Å²) in [5.41, 5.74) is 2.89. The van der Waals surface area contributed by atoms with Crippen LogP contribution in [0.3, 0.4) is 0 Å². The number of ether oxygens (including phenoxy) is 2. The lowest BCUT2D eigenvalue weighted by atomic mass is 10.1. The Bertz CT molecular complexity index is 1270. The molecule has 0 aliphatic heterocycles. The predicted octanol–water partition coefficient (Wildman–Crippen LogP) is 5.25. The van der Waals surface area contributed by atoms with Gasteiger partial charge in [0.15, 0.2) is 0 Å². The number of hydrogen-bond acceptors (Lipinski definition) is 5. The second-order valence-electron chi connectivity index (χ2n) is 8.56. The third kappa shape index (κ3) is 4.15. The maximum atomic E-state index is 13.2. The standard InChI is InChI=1S/C27H26O5S/c1-2-31-27(28)24-17-23(24)18-11-13-19(14-12-18)32-25-16-15-22-21(25)9-6-10-26(22)33(29,30)20-7-4-3-5-8-20/h3-14,23-25H,2,15-17H2,1H3. The minimum atomic E-state index is -3.58. The molecule has 0 spiro atoms. The van der Waals surface area contributed by atoms with E-state index >= 15 is 0 Å². The molecule has 0 aromatic heterocycles. The summed E-state index contributed by atoms with van der Waals surface area (Å²) in [6.45, 7) is 2.23. The summed E-state index contributed by atoms with van der Waals surface area (Å²) in [4.78, 5) is 12.6. The summed E-state index contributed by atoms with van der Waals surface area (Å²) in [5.74, 6) is 0.798. The number of sulfone groups is 1. The fourth-order valence-corrected chi connectivity index (χ4v) is 6.29. The van der Waals surface area contributed by atoms with E-state index in [4.69, 9.17) is 9.47 Å². The summed E-state index contributed by atoms with van der Waals surface area (Å²) < 4.78 is 37.8. The van der Waals surface area contributed by atoms with Crippen molar-refractivity contribution in [2.75, 3.05) is 6.61 Å². The van der Waals surface area contributed by atoms with Crippen LogP contribution in [0.5, 0.6) is 5.75 Å². The largest absolute Gasteiger partial charge is 0.486 e. The van der Waals surface area contributed by atoms with Gasteiger partial charge in [-0.15, -0.1) is 0 Å². The van der Waals surface area contributed by atoms with Gasteiger partial charge in [0.1, 0.15) is 11.9 Å². The lowest BCUT2D eigenvalue weighted by Gasteiger charge is -2.16. The molecule has 3 unspecified atom stereocenters. The number of hydrogen-bond donors (Lipinski definition) is 0. The normalized spacial score (nSPS) is 21.3. The minimum absolute atomic E-state index is 0.0385. The zero-order valence-electron chi connectivity index (χ0n) is 18.4. The Balaban J connectivity index is 1.32. The topological polar surface area (TPSA) is 69.7 Å². The molecule has 3 aromatic rings. The number of carbonyl (C=O) groups is 1. The van der Waals surface area contributed by atoms with E-state index in [2.05, 4.69) is 0 Å². The molecule has 0 radical (unpaired) electrons. The minimum Gasteiger partial charge on any atom is -0.486 e. The van der Waals surface area contributed by atoms with E-state index < -0.39 is 9.84 Å². The van der Waals surface area contributed by atoms with Crippen LogP contribution in [-0.4, -0.2) is 21.0 Å². The van der Waals surface area contributed by atoms with Crippen molar-refractivity contribution in [1.29, 1.82) is 0 Å². The van der Waals surface area contributed by atoms with E-state index in [0.29, 0.717) is 22.8 Å². The average Bonchev–Trinajstić information content (AvgIpc) is 3.54. The molecule has 33 heavy (non-hydrogen) atoms. The molecule has 2 aliphatic carbocycles. The quantitative estimate of drug-likeness (QED) is 0.449. The molecule has 0 bridgehead atoms. The van der Waals surface area contributed by atoms with E-state index in [0.717, 1.165) is 35.3 Å². The smallest absolute Gasteiger partial charge is 0.309 e. The summed E-state index contributed by atoms with van der Waals surface area (Å²) in [6, 6.07) is 21.9. The fourth-order valence-electron chi connectivity index (χ4n) is 4.71. The highest BCUT2D eigenvalue weighted by molar-refractivity contribution is 7.91. The molecule has 0 heterocycles. The highest BCUT2D eigenvalue weighted by Gasteiger charge is 2.45. The SMILES string of the molecule is CCOC(=O)C1CC1c1ccc(OC2CCc3c2cccc3S(=O)(=O)c2ccccc2)cc1. The van der Waals surface area contributed by atoms with E-state index in [1.807, 2.05) is 43.3 Å². The van der Waals surface area contributed by atoms with Crippen LogP contribution in [0.15, 0.2) is 82.6 Å². The van der Waals surface area contributed by atoms with Gasteiger partial charge < -0.3 is 9.47 Å². The van der Waals surface area contributed by atoms with Gasteiger partial charge in [-0.25, -0.2) is 8.42 Å². The Labute approximate surface area is 194 Å². The molecule has 0 saturated heterocycles. The maximum Gasteiger partial charge on any atom is 0.309 e. The van der Waals surface area contributed by atoms with Crippen molar-refractivity contribution in [3.8, 4) is 5.75 Å². The van der Waals surface area contributed by atoms with Gasteiger partial charge in [0.05, 0.1) is 22.3 Å². The van der Waals surface area contributed by atoms with Crippen LogP contribution in [0, 0.1) is 5.92 Å². The van der Waals surface area contributed by atoms with Crippen LogP contribution in [-0.2, 0) is 25.8 Å². The van der Waals surface area contributed by atoms with E-state index in [9.17, 15) is 13.2 Å². The number of rotatable bonds is 7. The van der Waals surface area contributed by atoms with Gasteiger partial charge in [-0.2, -0.15) is 0 Å². The van der Waals surface area contributed by atoms with Gasteiger partial charge in [-0.1, -0.05) is 42.5 Å². The molecular weight excluding hydrogens is 436 g/mol. The number of benzene rings is 3.